The highest BCUT2D eigenvalue weighted by Gasteiger charge is 2.31. The standard InChI is InChI=1S/C26H32N2O7/c1-26(2,15-6-4-5-7-16-34-19-10-8-18(9-11-19)28(31)32)25(30)27-23-22(33-3)13-12-20-21(29)14-17-35-24(20)23/h8-13H,4-7,14-17H2,1-3H3,(H,27,30). The van der Waals surface area contributed by atoms with E-state index in [0.29, 0.717) is 47.9 Å². The Hall–Kier alpha value is -3.62. The number of carbonyl (C=O) groups excluding carboxylic acids is 2. The van der Waals surface area contributed by atoms with Crippen molar-refractivity contribution < 1.29 is 28.7 Å². The van der Waals surface area contributed by atoms with Crippen LogP contribution in [-0.2, 0) is 4.79 Å². The fourth-order valence-electron chi connectivity index (χ4n) is 3.88. The van der Waals surface area contributed by atoms with Gasteiger partial charge in [-0.2, -0.15) is 0 Å². The van der Waals surface area contributed by atoms with Crippen molar-refractivity contribution in [1.29, 1.82) is 0 Å². The van der Waals surface area contributed by atoms with Crippen LogP contribution in [0, 0.1) is 15.5 Å². The summed E-state index contributed by atoms with van der Waals surface area (Å²) in [6.07, 6.45) is 4.62. The average Bonchev–Trinajstić information content (AvgIpc) is 2.84. The number of nitrogens with zero attached hydrogens (tertiary/aromatic N) is 1. The minimum Gasteiger partial charge on any atom is -0.494 e. The summed E-state index contributed by atoms with van der Waals surface area (Å²) in [6, 6.07) is 9.38. The van der Waals surface area contributed by atoms with Gasteiger partial charge in [0.25, 0.3) is 5.69 Å². The van der Waals surface area contributed by atoms with Gasteiger partial charge in [0.15, 0.2) is 11.5 Å². The topological polar surface area (TPSA) is 117 Å². The molecule has 1 N–H and O–H groups in total. The number of nitrogens with one attached hydrogen (secondary N) is 1. The second kappa shape index (κ2) is 11.7. The number of non-ortho nitro benzene ring substituents is 1. The van der Waals surface area contributed by atoms with Crippen LogP contribution in [0.1, 0.15) is 62.7 Å². The van der Waals surface area contributed by atoms with E-state index in [1.54, 1.807) is 24.3 Å². The molecule has 2 aromatic carbocycles. The van der Waals surface area contributed by atoms with Crippen LogP contribution in [0.5, 0.6) is 17.2 Å². The maximum atomic E-state index is 13.1. The summed E-state index contributed by atoms with van der Waals surface area (Å²) >= 11 is 0. The zero-order valence-corrected chi connectivity index (χ0v) is 20.4. The second-order valence-electron chi connectivity index (χ2n) is 9.14. The predicted octanol–water partition coefficient (Wildman–Crippen LogP) is 5.56. The summed E-state index contributed by atoms with van der Waals surface area (Å²) in [5, 5.41) is 13.6. The first-order chi connectivity index (χ1) is 16.7. The van der Waals surface area contributed by atoms with E-state index in [4.69, 9.17) is 14.2 Å². The minimum absolute atomic E-state index is 0.0128. The van der Waals surface area contributed by atoms with Crippen molar-refractivity contribution in [3.63, 3.8) is 0 Å². The normalized spacial score (nSPS) is 12.9. The zero-order valence-electron chi connectivity index (χ0n) is 20.4. The van der Waals surface area contributed by atoms with Crippen molar-refractivity contribution in [1.82, 2.24) is 0 Å². The van der Waals surface area contributed by atoms with Crippen molar-refractivity contribution in [2.75, 3.05) is 25.6 Å². The number of methoxy groups -OCH3 is 1. The molecule has 1 amide bonds. The Morgan fingerprint density at radius 1 is 1.11 bits per heavy atom. The maximum absolute atomic E-state index is 13.1. The molecular weight excluding hydrogens is 452 g/mol. The molecule has 0 aliphatic carbocycles. The molecule has 1 aliphatic rings. The number of hydrogen-bond acceptors (Lipinski definition) is 7. The fourth-order valence-corrected chi connectivity index (χ4v) is 3.88. The van der Waals surface area contributed by atoms with Crippen LogP contribution in [0.25, 0.3) is 0 Å². The third-order valence-corrected chi connectivity index (χ3v) is 6.08. The Morgan fingerprint density at radius 3 is 2.51 bits per heavy atom. The van der Waals surface area contributed by atoms with Gasteiger partial charge < -0.3 is 19.5 Å². The number of rotatable bonds is 12. The molecule has 9 heteroatoms. The number of hydrogen-bond donors (Lipinski definition) is 1. The Kier molecular flexibility index (Phi) is 8.68. The van der Waals surface area contributed by atoms with Gasteiger partial charge in [0.05, 0.1) is 30.8 Å². The van der Waals surface area contributed by atoms with Crippen LogP contribution in [0.2, 0.25) is 0 Å². The monoisotopic (exact) mass is 484 g/mol. The third kappa shape index (κ3) is 6.71. The SMILES string of the molecule is COc1ccc2c(c1NC(=O)C(C)(C)CCCCCCOc1ccc([N+](=O)[O-])cc1)OCCC2=O. The Labute approximate surface area is 204 Å². The van der Waals surface area contributed by atoms with E-state index in [0.717, 1.165) is 25.7 Å². The van der Waals surface area contributed by atoms with E-state index in [2.05, 4.69) is 5.32 Å². The number of benzene rings is 2. The molecule has 0 radical (unpaired) electrons. The number of nitro benzene ring substituents is 1. The predicted molar refractivity (Wildman–Crippen MR) is 132 cm³/mol. The fraction of sp³-hybridized carbons (Fsp3) is 0.462. The van der Waals surface area contributed by atoms with Crippen LogP contribution in [0.4, 0.5) is 11.4 Å². The van der Waals surface area contributed by atoms with Gasteiger partial charge in [0, 0.05) is 24.0 Å². The van der Waals surface area contributed by atoms with E-state index in [9.17, 15) is 19.7 Å². The van der Waals surface area contributed by atoms with Crippen molar-refractivity contribution in [3.05, 3.63) is 52.1 Å². The van der Waals surface area contributed by atoms with Gasteiger partial charge in [0.1, 0.15) is 17.2 Å². The zero-order chi connectivity index (χ0) is 25.4. The largest absolute Gasteiger partial charge is 0.494 e. The first kappa shape index (κ1) is 26.0. The van der Waals surface area contributed by atoms with Gasteiger partial charge in [-0.05, 0) is 37.1 Å². The molecule has 35 heavy (non-hydrogen) atoms. The van der Waals surface area contributed by atoms with Gasteiger partial charge in [0.2, 0.25) is 5.91 Å². The molecule has 0 fully saturated rings. The Balaban J connectivity index is 1.44. The van der Waals surface area contributed by atoms with E-state index >= 15 is 0 Å². The first-order valence-electron chi connectivity index (χ1n) is 11.8. The molecule has 0 atom stereocenters. The number of ketones is 1. The Morgan fingerprint density at radius 2 is 1.83 bits per heavy atom. The lowest BCUT2D eigenvalue weighted by Gasteiger charge is -2.26. The number of unbranched alkanes of at least 4 members (excludes halogenated alkanes) is 3. The van der Waals surface area contributed by atoms with Crippen LogP contribution in [-0.4, -0.2) is 36.9 Å². The third-order valence-electron chi connectivity index (χ3n) is 6.08. The number of Topliss-reactive ketones (excluding diaryl/α,β-unsaturated/α-hetero) is 1. The van der Waals surface area contributed by atoms with Gasteiger partial charge in [-0.15, -0.1) is 0 Å². The highest BCUT2D eigenvalue weighted by atomic mass is 16.6. The van der Waals surface area contributed by atoms with E-state index in [1.165, 1.54) is 19.2 Å². The molecule has 0 bridgehead atoms. The quantitative estimate of drug-likeness (QED) is 0.238. The van der Waals surface area contributed by atoms with E-state index in [-0.39, 0.29) is 24.0 Å². The summed E-state index contributed by atoms with van der Waals surface area (Å²) in [5.41, 5.74) is 0.276. The number of fused-ring (bicyclic) bond motifs is 1. The number of ether oxygens (including phenoxy) is 3. The second-order valence-corrected chi connectivity index (χ2v) is 9.14. The number of anilines is 1. The summed E-state index contributed by atoms with van der Waals surface area (Å²) in [5.74, 6) is 1.26. The highest BCUT2D eigenvalue weighted by molar-refractivity contribution is 6.05. The van der Waals surface area contributed by atoms with Gasteiger partial charge in [-0.25, -0.2) is 0 Å². The summed E-state index contributed by atoms with van der Waals surface area (Å²) < 4.78 is 16.7. The highest BCUT2D eigenvalue weighted by Crippen LogP contribution is 2.41. The summed E-state index contributed by atoms with van der Waals surface area (Å²) in [7, 11) is 1.51. The Bertz CT molecular complexity index is 1060. The lowest BCUT2D eigenvalue weighted by Crippen LogP contribution is -2.31. The minimum atomic E-state index is -0.623. The maximum Gasteiger partial charge on any atom is 0.269 e. The van der Waals surface area contributed by atoms with Gasteiger partial charge in [-0.3, -0.25) is 19.7 Å². The number of carbonyl (C=O) groups is 2. The molecule has 0 saturated carbocycles. The van der Waals surface area contributed by atoms with E-state index < -0.39 is 10.3 Å². The van der Waals surface area contributed by atoms with Crippen LogP contribution < -0.4 is 19.5 Å². The van der Waals surface area contributed by atoms with Crippen molar-refractivity contribution in [3.8, 4) is 17.2 Å². The van der Waals surface area contributed by atoms with Gasteiger partial charge in [-0.1, -0.05) is 33.1 Å². The van der Waals surface area contributed by atoms with Crippen molar-refractivity contribution in [2.45, 2.75) is 52.4 Å². The average molecular weight is 485 g/mol. The summed E-state index contributed by atoms with van der Waals surface area (Å²) in [4.78, 5) is 35.6. The lowest BCUT2D eigenvalue weighted by molar-refractivity contribution is -0.384. The molecule has 188 valence electrons. The van der Waals surface area contributed by atoms with Crippen molar-refractivity contribution >= 4 is 23.1 Å². The van der Waals surface area contributed by atoms with Crippen LogP contribution >= 0.6 is 0 Å². The first-order valence-corrected chi connectivity index (χ1v) is 11.8. The molecule has 0 aromatic heterocycles. The van der Waals surface area contributed by atoms with Crippen LogP contribution in [0.15, 0.2) is 36.4 Å². The molecule has 1 aliphatic heterocycles. The molecule has 0 spiro atoms. The molecule has 3 rings (SSSR count). The molecule has 0 saturated heterocycles. The number of nitro groups is 1. The smallest absolute Gasteiger partial charge is 0.269 e. The lowest BCUT2D eigenvalue weighted by atomic mass is 9.85. The molecule has 9 nitrogen and oxygen atoms in total. The van der Waals surface area contributed by atoms with E-state index in [1.807, 2.05) is 13.8 Å². The molecule has 2 aromatic rings. The van der Waals surface area contributed by atoms with Crippen molar-refractivity contribution in [2.24, 2.45) is 5.41 Å². The molecule has 0 unspecified atom stereocenters. The van der Waals surface area contributed by atoms with Gasteiger partial charge >= 0.3 is 0 Å². The number of amides is 1. The molecular formula is C26H32N2O7. The summed E-state index contributed by atoms with van der Waals surface area (Å²) in [6.45, 7) is 4.60. The van der Waals surface area contributed by atoms with Crippen LogP contribution in [0.3, 0.4) is 0 Å². The molecule has 1 heterocycles.